The molecule has 14 heteroatoms. The van der Waals surface area contributed by atoms with Crippen LogP contribution in [-0.4, -0.2) is 39.1 Å². The van der Waals surface area contributed by atoms with E-state index in [2.05, 4.69) is 32.0 Å². The van der Waals surface area contributed by atoms with Crippen LogP contribution in [0.3, 0.4) is 0 Å². The molecule has 0 spiro atoms. The van der Waals surface area contributed by atoms with Crippen LogP contribution in [0.15, 0.2) is 42.7 Å². The fourth-order valence-corrected chi connectivity index (χ4v) is 5.02. The Balaban J connectivity index is 1.64. The highest BCUT2D eigenvalue weighted by atomic mass is 19.4. The number of nitrogens with zero attached hydrogens (tertiary/aromatic N) is 7. The maximum atomic E-state index is 13.9. The third-order valence-electron chi connectivity index (χ3n) is 8.24. The second-order valence-electron chi connectivity index (χ2n) is 11.6. The first-order valence-corrected chi connectivity index (χ1v) is 13.8. The zero-order chi connectivity index (χ0) is 32.7. The molecule has 2 aromatic carbocycles. The van der Waals surface area contributed by atoms with Crippen LogP contribution in [-0.2, 0) is 5.54 Å². The number of nitrogens with one attached hydrogen (secondary N) is 2. The number of aromatic nitrogens is 4. The van der Waals surface area contributed by atoms with Gasteiger partial charge in [0.1, 0.15) is 23.4 Å². The molecule has 0 bridgehead atoms. The minimum absolute atomic E-state index is 0.0275. The highest BCUT2D eigenvalue weighted by molar-refractivity contribution is 5.99. The van der Waals surface area contributed by atoms with E-state index in [4.69, 9.17) is 0 Å². The molecule has 0 radical (unpaired) electrons. The average molecular weight is 620 g/mol. The molecule has 1 aliphatic carbocycles. The summed E-state index contributed by atoms with van der Waals surface area (Å²) in [5.74, 6) is 0. The molecular weight excluding hydrogens is 593 g/mol. The van der Waals surface area contributed by atoms with Gasteiger partial charge in [0.2, 0.25) is 0 Å². The molecule has 1 unspecified atom stereocenters. The quantitative estimate of drug-likeness (QED) is 0.197. The number of fused-ring (bicyclic) bond motifs is 1. The van der Waals surface area contributed by atoms with Crippen molar-refractivity contribution in [3.8, 4) is 18.2 Å². The first-order valence-electron chi connectivity index (χ1n) is 13.8. The molecule has 0 saturated heterocycles. The van der Waals surface area contributed by atoms with Crippen molar-refractivity contribution in [3.63, 3.8) is 0 Å². The predicted molar refractivity (Wildman–Crippen MR) is 154 cm³/mol. The zero-order valence-electron chi connectivity index (χ0n) is 24.3. The minimum Gasteiger partial charge on any atom is -0.382 e. The summed E-state index contributed by atoms with van der Waals surface area (Å²) in [6.45, 7) is 3.21. The summed E-state index contributed by atoms with van der Waals surface area (Å²) in [6.07, 6.45) is -4.11. The minimum atomic E-state index is -4.54. The molecule has 2 heterocycles. The number of halogens is 5. The number of nitriles is 3. The highest BCUT2D eigenvalue weighted by Crippen LogP contribution is 2.48. The van der Waals surface area contributed by atoms with Crippen molar-refractivity contribution in [1.82, 2.24) is 20.0 Å². The summed E-state index contributed by atoms with van der Waals surface area (Å²) in [7, 11) is 0. The van der Waals surface area contributed by atoms with Crippen molar-refractivity contribution in [2.75, 3.05) is 17.2 Å². The van der Waals surface area contributed by atoms with E-state index in [1.54, 1.807) is 25.1 Å². The molecule has 2 aromatic heterocycles. The Hall–Kier alpha value is -5.29. The normalized spacial score (nSPS) is 14.8. The van der Waals surface area contributed by atoms with Gasteiger partial charge in [0.05, 0.1) is 51.6 Å². The van der Waals surface area contributed by atoms with E-state index in [9.17, 15) is 37.7 Å². The number of hydrogen-bond acceptors (Lipinski definition) is 8. The first kappa shape index (κ1) is 31.1. The van der Waals surface area contributed by atoms with Crippen molar-refractivity contribution in [2.45, 2.75) is 57.8 Å². The van der Waals surface area contributed by atoms with Gasteiger partial charge in [-0.05, 0) is 62.9 Å². The van der Waals surface area contributed by atoms with E-state index in [-0.39, 0.29) is 46.3 Å². The number of hydrogen-bond donors (Lipinski definition) is 2. The number of benzene rings is 2. The van der Waals surface area contributed by atoms with Gasteiger partial charge in [-0.15, -0.1) is 5.10 Å². The van der Waals surface area contributed by atoms with Crippen LogP contribution < -0.4 is 10.6 Å². The Kier molecular flexibility index (Phi) is 7.84. The second kappa shape index (κ2) is 11.3. The second-order valence-corrected chi connectivity index (χ2v) is 11.6. The zero-order valence-corrected chi connectivity index (χ0v) is 24.3. The van der Waals surface area contributed by atoms with E-state index >= 15 is 0 Å². The predicted octanol–water partition coefficient (Wildman–Crippen LogP) is 6.71. The average Bonchev–Trinajstić information content (AvgIpc) is 3.68. The van der Waals surface area contributed by atoms with Crippen LogP contribution in [0.4, 0.5) is 33.3 Å². The number of anilines is 2. The summed E-state index contributed by atoms with van der Waals surface area (Å²) < 4.78 is 69.8. The summed E-state index contributed by atoms with van der Waals surface area (Å²) in [5, 5.41) is 43.9. The van der Waals surface area contributed by atoms with Crippen molar-refractivity contribution in [3.05, 3.63) is 76.2 Å². The molecule has 2 N–H and O–H groups in total. The van der Waals surface area contributed by atoms with Crippen LogP contribution in [0.25, 0.3) is 10.9 Å². The molecule has 4 aromatic rings. The van der Waals surface area contributed by atoms with Crippen LogP contribution in [0.5, 0.6) is 0 Å². The number of rotatable bonds is 9. The van der Waals surface area contributed by atoms with E-state index in [1.165, 1.54) is 24.5 Å². The third-order valence-corrected chi connectivity index (χ3v) is 8.24. The molecule has 230 valence electrons. The van der Waals surface area contributed by atoms with Gasteiger partial charge in [-0.1, -0.05) is 17.3 Å². The summed E-state index contributed by atoms with van der Waals surface area (Å²) in [6, 6.07) is 13.3. The Labute approximate surface area is 254 Å². The topological polar surface area (TPSA) is 139 Å². The molecule has 1 aliphatic rings. The number of pyridine rings is 1. The summed E-state index contributed by atoms with van der Waals surface area (Å²) in [4.78, 5) is 4.24. The van der Waals surface area contributed by atoms with Crippen molar-refractivity contribution in [2.24, 2.45) is 5.41 Å². The van der Waals surface area contributed by atoms with Gasteiger partial charge < -0.3 is 10.6 Å². The lowest BCUT2D eigenvalue weighted by Gasteiger charge is -2.28. The van der Waals surface area contributed by atoms with E-state index < -0.39 is 36.1 Å². The fraction of sp³-hybridized carbons (Fsp3) is 0.355. The maximum Gasteiger partial charge on any atom is 0.395 e. The lowest BCUT2D eigenvalue weighted by atomic mass is 9.92. The molecule has 0 aliphatic heterocycles. The van der Waals surface area contributed by atoms with Crippen LogP contribution in [0.1, 0.15) is 66.2 Å². The Bertz CT molecular complexity index is 1900. The third kappa shape index (κ3) is 5.58. The van der Waals surface area contributed by atoms with Gasteiger partial charge in [-0.2, -0.15) is 29.0 Å². The van der Waals surface area contributed by atoms with Crippen LogP contribution in [0, 0.1) is 46.3 Å². The van der Waals surface area contributed by atoms with Gasteiger partial charge in [0.25, 0.3) is 6.43 Å². The fourth-order valence-electron chi connectivity index (χ4n) is 5.02. The molecule has 0 amide bonds. The van der Waals surface area contributed by atoms with Gasteiger partial charge in [0.15, 0.2) is 0 Å². The lowest BCUT2D eigenvalue weighted by molar-refractivity contribution is -0.206. The Morgan fingerprint density at radius 3 is 2.31 bits per heavy atom. The smallest absolute Gasteiger partial charge is 0.382 e. The van der Waals surface area contributed by atoms with Gasteiger partial charge in [-0.3, -0.25) is 4.98 Å². The Morgan fingerprint density at radius 1 is 1.02 bits per heavy atom. The standard InChI is InChI=1S/C31H26F5N9/c1-17-18(11-37)5-4-6-22(17)27(24-15-45(44-43-24)30(7-8-30)28(32)33)42-21-9-19(12-38)25-23(10-21)26(20(13-39)14-40-25)41-16-29(2,3)31(34,35)36/h4-6,9-10,14-15,27-28,42H,7-8,16H2,1-3H3,(H,40,41). The van der Waals surface area contributed by atoms with Crippen LogP contribution in [0.2, 0.25) is 0 Å². The molecule has 1 fully saturated rings. The molecule has 9 nitrogen and oxygen atoms in total. The van der Waals surface area contributed by atoms with Gasteiger partial charge >= 0.3 is 6.18 Å². The van der Waals surface area contributed by atoms with Crippen molar-refractivity contribution < 1.29 is 22.0 Å². The molecule has 45 heavy (non-hydrogen) atoms. The van der Waals surface area contributed by atoms with Gasteiger partial charge in [0, 0.05) is 23.8 Å². The Morgan fingerprint density at radius 2 is 1.71 bits per heavy atom. The van der Waals surface area contributed by atoms with E-state index in [1.807, 2.05) is 12.1 Å². The number of alkyl halides is 5. The molecule has 1 atom stereocenters. The van der Waals surface area contributed by atoms with Crippen LogP contribution >= 0.6 is 0 Å². The molecule has 5 rings (SSSR count). The largest absolute Gasteiger partial charge is 0.395 e. The lowest BCUT2D eigenvalue weighted by Crippen LogP contribution is -2.38. The molecule has 1 saturated carbocycles. The molecular formula is C31H26F5N9. The van der Waals surface area contributed by atoms with Gasteiger partial charge in [-0.25, -0.2) is 13.5 Å². The summed E-state index contributed by atoms with van der Waals surface area (Å²) >= 11 is 0. The summed E-state index contributed by atoms with van der Waals surface area (Å²) in [5.41, 5.74) is -1.23. The van der Waals surface area contributed by atoms with E-state index in [0.29, 0.717) is 22.4 Å². The van der Waals surface area contributed by atoms with Crippen molar-refractivity contribution >= 4 is 22.3 Å². The van der Waals surface area contributed by atoms with Crippen molar-refractivity contribution in [1.29, 1.82) is 15.8 Å². The monoisotopic (exact) mass is 619 g/mol. The maximum absolute atomic E-state index is 13.9. The SMILES string of the molecule is Cc1c(C#N)cccc1C(Nc1cc(C#N)c2ncc(C#N)c(NCC(C)(C)C(F)(F)F)c2c1)c1cn(C2(C(F)F)CC2)nn1. The van der Waals surface area contributed by atoms with E-state index in [0.717, 1.165) is 18.5 Å². The highest BCUT2D eigenvalue weighted by Gasteiger charge is 2.54. The first-order chi connectivity index (χ1) is 21.3.